The van der Waals surface area contributed by atoms with E-state index in [9.17, 15) is 14.3 Å². The van der Waals surface area contributed by atoms with E-state index in [0.29, 0.717) is 63.1 Å². The number of phenolic OH excluding ortho intramolecular Hbond substituents is 1. The molecule has 6 rings (SSSR count). The van der Waals surface area contributed by atoms with Gasteiger partial charge in [-0.1, -0.05) is 18.2 Å². The first-order chi connectivity index (χ1) is 16.6. The normalized spacial score (nSPS) is 18.6. The minimum Gasteiger partial charge on any atom is -0.505 e. The molecular weight excluding hydrogens is 439 g/mol. The van der Waals surface area contributed by atoms with Crippen LogP contribution in [0.1, 0.15) is 15.9 Å². The van der Waals surface area contributed by atoms with Gasteiger partial charge in [0.2, 0.25) is 5.95 Å². The molecule has 8 nitrogen and oxygen atoms in total. The Morgan fingerprint density at radius 1 is 1.06 bits per heavy atom. The lowest BCUT2D eigenvalue weighted by molar-refractivity contribution is -0.0507. The van der Waals surface area contributed by atoms with Crippen molar-refractivity contribution in [3.8, 4) is 16.9 Å². The van der Waals surface area contributed by atoms with Crippen molar-refractivity contribution in [1.82, 2.24) is 14.9 Å². The zero-order valence-corrected chi connectivity index (χ0v) is 18.4. The van der Waals surface area contributed by atoms with E-state index in [1.807, 2.05) is 28.0 Å². The van der Waals surface area contributed by atoms with E-state index >= 15 is 0 Å². The van der Waals surface area contributed by atoms with E-state index in [2.05, 4.69) is 9.97 Å². The van der Waals surface area contributed by atoms with Crippen LogP contribution >= 0.6 is 0 Å². The van der Waals surface area contributed by atoms with Gasteiger partial charge in [-0.15, -0.1) is 0 Å². The summed E-state index contributed by atoms with van der Waals surface area (Å²) in [6.07, 6.45) is 3.09. The molecule has 2 saturated heterocycles. The molecule has 0 bridgehead atoms. The summed E-state index contributed by atoms with van der Waals surface area (Å²) in [6, 6.07) is 10.3. The van der Waals surface area contributed by atoms with Crippen molar-refractivity contribution in [1.29, 1.82) is 0 Å². The molecule has 3 aromatic rings. The Kier molecular flexibility index (Phi) is 4.96. The standard InChI is InChI=1S/C25H23FN4O4/c26-22-18(2-1-3-21(22)31)17-11-27-24(28-12-17)30-13-25(14-34-15-25)19-5-4-16(10-20(19)30)23(32)29-6-8-33-9-7-29/h1-5,10-12,31H,6-9,13-15H2. The summed E-state index contributed by atoms with van der Waals surface area (Å²) < 4.78 is 25.3. The van der Waals surface area contributed by atoms with E-state index in [1.54, 1.807) is 24.5 Å². The molecule has 2 fully saturated rings. The first-order valence-electron chi connectivity index (χ1n) is 11.2. The molecule has 3 aliphatic rings. The highest BCUT2D eigenvalue weighted by molar-refractivity contribution is 5.96. The summed E-state index contributed by atoms with van der Waals surface area (Å²) in [5.41, 5.74) is 3.16. The van der Waals surface area contributed by atoms with Crippen molar-refractivity contribution in [3.05, 3.63) is 65.7 Å². The highest BCUT2D eigenvalue weighted by Gasteiger charge is 2.49. The summed E-state index contributed by atoms with van der Waals surface area (Å²) in [5, 5.41) is 9.68. The zero-order chi connectivity index (χ0) is 23.3. The topological polar surface area (TPSA) is 88.0 Å². The molecule has 9 heteroatoms. The number of morpholine rings is 1. The molecule has 34 heavy (non-hydrogen) atoms. The number of rotatable bonds is 3. The maximum atomic E-state index is 14.3. The van der Waals surface area contributed by atoms with Crippen LogP contribution in [0, 0.1) is 5.82 Å². The summed E-state index contributed by atoms with van der Waals surface area (Å²) in [5.74, 6) is -0.681. The number of anilines is 2. The molecule has 174 valence electrons. The Balaban J connectivity index is 1.34. The Bertz CT molecular complexity index is 1260. The van der Waals surface area contributed by atoms with Gasteiger partial charge in [-0.25, -0.2) is 14.4 Å². The molecular formula is C25H23FN4O4. The Morgan fingerprint density at radius 2 is 1.82 bits per heavy atom. The molecule has 1 aromatic heterocycles. The molecule has 1 amide bonds. The number of carbonyl (C=O) groups is 1. The second kappa shape index (κ2) is 8.03. The smallest absolute Gasteiger partial charge is 0.254 e. The Hall–Kier alpha value is -3.56. The monoisotopic (exact) mass is 462 g/mol. The van der Waals surface area contributed by atoms with E-state index < -0.39 is 11.6 Å². The minimum atomic E-state index is -0.706. The summed E-state index contributed by atoms with van der Waals surface area (Å²) in [6.45, 7) is 4.07. The minimum absolute atomic E-state index is 0.0208. The predicted molar refractivity (Wildman–Crippen MR) is 122 cm³/mol. The van der Waals surface area contributed by atoms with Crippen molar-refractivity contribution in [3.63, 3.8) is 0 Å². The highest BCUT2D eigenvalue weighted by atomic mass is 19.1. The van der Waals surface area contributed by atoms with Crippen LogP contribution in [0.5, 0.6) is 5.75 Å². The lowest BCUT2D eigenvalue weighted by atomic mass is 9.80. The number of hydrogen-bond acceptors (Lipinski definition) is 7. The zero-order valence-electron chi connectivity index (χ0n) is 18.4. The van der Waals surface area contributed by atoms with Crippen LogP contribution in [0.3, 0.4) is 0 Å². The number of benzene rings is 2. The average Bonchev–Trinajstić information content (AvgIpc) is 3.21. The third-order valence-electron chi connectivity index (χ3n) is 6.79. The lowest BCUT2D eigenvalue weighted by Crippen LogP contribution is -2.49. The third kappa shape index (κ3) is 3.31. The van der Waals surface area contributed by atoms with E-state index in [1.165, 1.54) is 6.07 Å². The van der Waals surface area contributed by atoms with Crippen LogP contribution in [-0.2, 0) is 14.9 Å². The number of ether oxygens (including phenoxy) is 2. The molecule has 4 heterocycles. The Morgan fingerprint density at radius 3 is 2.53 bits per heavy atom. The van der Waals surface area contributed by atoms with Crippen LogP contribution in [0.2, 0.25) is 0 Å². The number of aromatic nitrogens is 2. The number of phenols is 1. The lowest BCUT2D eigenvalue weighted by Gasteiger charge is -2.38. The summed E-state index contributed by atoms with van der Waals surface area (Å²) >= 11 is 0. The van der Waals surface area contributed by atoms with Crippen molar-refractivity contribution >= 4 is 17.5 Å². The second-order valence-electron chi connectivity index (χ2n) is 8.91. The predicted octanol–water partition coefficient (Wildman–Crippen LogP) is 2.88. The average molecular weight is 462 g/mol. The van der Waals surface area contributed by atoms with Crippen LogP contribution in [0.25, 0.3) is 11.1 Å². The summed E-state index contributed by atoms with van der Waals surface area (Å²) in [4.78, 5) is 25.9. The number of fused-ring (bicyclic) bond motifs is 2. The number of halogens is 1. The molecule has 0 atom stereocenters. The number of aromatic hydroxyl groups is 1. The number of amides is 1. The van der Waals surface area contributed by atoms with Gasteiger partial charge in [0.15, 0.2) is 11.6 Å². The molecule has 2 aromatic carbocycles. The maximum Gasteiger partial charge on any atom is 0.254 e. The molecule has 0 aliphatic carbocycles. The Labute approximate surface area is 195 Å². The third-order valence-corrected chi connectivity index (χ3v) is 6.79. The van der Waals surface area contributed by atoms with Gasteiger partial charge >= 0.3 is 0 Å². The molecule has 1 spiro atoms. The van der Waals surface area contributed by atoms with E-state index in [0.717, 1.165) is 11.3 Å². The van der Waals surface area contributed by atoms with Gasteiger partial charge in [-0.3, -0.25) is 4.79 Å². The van der Waals surface area contributed by atoms with Gasteiger partial charge in [0, 0.05) is 54.4 Å². The quantitative estimate of drug-likeness (QED) is 0.640. The maximum absolute atomic E-state index is 14.3. The molecule has 3 aliphatic heterocycles. The van der Waals surface area contributed by atoms with Gasteiger partial charge < -0.3 is 24.4 Å². The van der Waals surface area contributed by atoms with Crippen molar-refractivity contribution in [2.75, 3.05) is 51.0 Å². The van der Waals surface area contributed by atoms with Crippen LogP contribution < -0.4 is 4.90 Å². The first kappa shape index (κ1) is 21.0. The second-order valence-corrected chi connectivity index (χ2v) is 8.91. The van der Waals surface area contributed by atoms with E-state index in [4.69, 9.17) is 9.47 Å². The largest absolute Gasteiger partial charge is 0.505 e. The van der Waals surface area contributed by atoms with Crippen LogP contribution in [-0.4, -0.2) is 71.9 Å². The fourth-order valence-electron chi connectivity index (χ4n) is 4.87. The fourth-order valence-corrected chi connectivity index (χ4v) is 4.87. The summed E-state index contributed by atoms with van der Waals surface area (Å²) in [7, 11) is 0. The van der Waals surface area contributed by atoms with Crippen molar-refractivity contribution < 1.29 is 23.8 Å². The molecule has 1 N–H and O–H groups in total. The number of hydrogen-bond donors (Lipinski definition) is 1. The first-order valence-corrected chi connectivity index (χ1v) is 11.2. The van der Waals surface area contributed by atoms with Gasteiger partial charge in [-0.05, 0) is 23.8 Å². The van der Waals surface area contributed by atoms with E-state index in [-0.39, 0.29) is 16.9 Å². The fraction of sp³-hybridized carbons (Fsp3) is 0.320. The number of carbonyl (C=O) groups excluding carboxylic acids is 1. The molecule has 0 saturated carbocycles. The van der Waals surface area contributed by atoms with Gasteiger partial charge in [-0.2, -0.15) is 0 Å². The van der Waals surface area contributed by atoms with Crippen LogP contribution in [0.4, 0.5) is 16.0 Å². The molecule has 0 unspecified atom stereocenters. The highest BCUT2D eigenvalue weighted by Crippen LogP contribution is 2.48. The van der Waals surface area contributed by atoms with Crippen LogP contribution in [0.15, 0.2) is 48.8 Å². The van der Waals surface area contributed by atoms with Gasteiger partial charge in [0.1, 0.15) is 0 Å². The molecule has 0 radical (unpaired) electrons. The number of nitrogens with zero attached hydrogens (tertiary/aromatic N) is 4. The van der Waals surface area contributed by atoms with Gasteiger partial charge in [0.05, 0.1) is 31.8 Å². The van der Waals surface area contributed by atoms with Crippen molar-refractivity contribution in [2.24, 2.45) is 0 Å². The van der Waals surface area contributed by atoms with Gasteiger partial charge in [0.25, 0.3) is 5.91 Å². The SMILES string of the molecule is O=C(c1ccc2c(c1)N(c1ncc(-c3cccc(O)c3F)cn1)CC21COC1)N1CCOCC1. The van der Waals surface area contributed by atoms with Crippen molar-refractivity contribution in [2.45, 2.75) is 5.41 Å².